The van der Waals surface area contributed by atoms with Crippen LogP contribution in [0.2, 0.25) is 0 Å². The molecule has 0 saturated carbocycles. The first-order chi connectivity index (χ1) is 8.04. The maximum Gasteiger partial charge on any atom is 0.529 e. The zero-order valence-electron chi connectivity index (χ0n) is 10.0. The average molecular weight is 258 g/mol. The van der Waals surface area contributed by atoms with E-state index in [2.05, 4.69) is 15.6 Å². The number of hydrogen-bond donors (Lipinski definition) is 0. The van der Waals surface area contributed by atoms with Crippen molar-refractivity contribution in [1.82, 2.24) is 0 Å². The fourth-order valence-corrected chi connectivity index (χ4v) is 1.79. The third-order valence-corrected chi connectivity index (χ3v) is 3.42. The van der Waals surface area contributed by atoms with Crippen molar-refractivity contribution in [2.24, 2.45) is 0 Å². The second kappa shape index (κ2) is 5.87. The summed E-state index contributed by atoms with van der Waals surface area (Å²) < 4.78 is 31.1. The van der Waals surface area contributed by atoms with Gasteiger partial charge in [0.05, 0.1) is 7.11 Å². The number of hydrogen-bond acceptors (Lipinski definition) is 5. The maximum atomic E-state index is 11.7. The second-order valence-corrected chi connectivity index (χ2v) is 4.86. The van der Waals surface area contributed by atoms with E-state index in [1.165, 1.54) is 14.2 Å². The lowest BCUT2D eigenvalue weighted by atomic mass is 10.2. The monoisotopic (exact) mass is 258 g/mol. The molecule has 0 aliphatic rings. The molecule has 6 heteroatoms. The average Bonchev–Trinajstić information content (AvgIpc) is 2.38. The fraction of sp³-hybridized carbons (Fsp3) is 0.273. The van der Waals surface area contributed by atoms with Crippen LogP contribution in [0.4, 0.5) is 0 Å². The van der Waals surface area contributed by atoms with E-state index in [1.807, 2.05) is 0 Å². The van der Waals surface area contributed by atoms with E-state index in [9.17, 15) is 4.57 Å². The molecule has 0 aliphatic carbocycles. The minimum atomic E-state index is -3.55. The van der Waals surface area contributed by atoms with Gasteiger partial charge in [0.1, 0.15) is 11.5 Å². The summed E-state index contributed by atoms with van der Waals surface area (Å²) in [5, 5.41) is 0. The third-order valence-electron chi connectivity index (χ3n) is 2.08. The predicted molar refractivity (Wildman–Crippen MR) is 64.7 cm³/mol. The highest BCUT2D eigenvalue weighted by molar-refractivity contribution is 7.48. The zero-order valence-corrected chi connectivity index (χ0v) is 10.9. The van der Waals surface area contributed by atoms with Crippen LogP contribution < -0.4 is 4.74 Å². The van der Waals surface area contributed by atoms with Crippen LogP contribution in [0.5, 0.6) is 5.75 Å². The lowest BCUT2D eigenvalue weighted by Crippen LogP contribution is -1.94. The minimum Gasteiger partial charge on any atom is -0.497 e. The summed E-state index contributed by atoms with van der Waals surface area (Å²) in [4.78, 5) is 0. The van der Waals surface area contributed by atoms with Gasteiger partial charge in [0.2, 0.25) is 0 Å². The molecule has 17 heavy (non-hydrogen) atoms. The summed E-state index contributed by atoms with van der Waals surface area (Å²) in [5.74, 6) is 0.919. The SMILES string of the molecule is C=C(OP(=O)(OC)OC)c1ccc(OC)cc1. The van der Waals surface area contributed by atoms with Gasteiger partial charge in [0.15, 0.2) is 0 Å². The first kappa shape index (κ1) is 13.8. The molecule has 0 aliphatic heterocycles. The Balaban J connectivity index is 2.79. The third kappa shape index (κ3) is 3.60. The molecule has 0 N–H and O–H groups in total. The summed E-state index contributed by atoms with van der Waals surface area (Å²) in [5.41, 5.74) is 0.667. The van der Waals surface area contributed by atoms with E-state index < -0.39 is 7.82 Å². The summed E-state index contributed by atoms with van der Waals surface area (Å²) in [6, 6.07) is 6.95. The van der Waals surface area contributed by atoms with Gasteiger partial charge in [0, 0.05) is 19.8 Å². The van der Waals surface area contributed by atoms with Crippen molar-refractivity contribution in [3.8, 4) is 5.75 Å². The van der Waals surface area contributed by atoms with E-state index in [1.54, 1.807) is 31.4 Å². The number of benzene rings is 1. The molecule has 0 unspecified atom stereocenters. The smallest absolute Gasteiger partial charge is 0.497 e. The van der Waals surface area contributed by atoms with Crippen molar-refractivity contribution in [2.45, 2.75) is 0 Å². The molecule has 0 fully saturated rings. The van der Waals surface area contributed by atoms with E-state index in [-0.39, 0.29) is 5.76 Å². The molecule has 0 atom stereocenters. The molecular weight excluding hydrogens is 243 g/mol. The first-order valence-electron chi connectivity index (χ1n) is 4.79. The first-order valence-corrected chi connectivity index (χ1v) is 6.25. The Morgan fingerprint density at radius 3 is 2.06 bits per heavy atom. The van der Waals surface area contributed by atoms with E-state index >= 15 is 0 Å². The molecule has 94 valence electrons. The molecule has 1 rings (SSSR count). The van der Waals surface area contributed by atoms with Crippen LogP contribution in [0.3, 0.4) is 0 Å². The summed E-state index contributed by atoms with van der Waals surface area (Å²) in [7, 11) is 0.505. The predicted octanol–water partition coefficient (Wildman–Crippen LogP) is 3.08. The van der Waals surface area contributed by atoms with Gasteiger partial charge in [-0.2, -0.15) is 0 Å². The molecule has 0 spiro atoms. The van der Waals surface area contributed by atoms with Crippen molar-refractivity contribution in [3.05, 3.63) is 36.4 Å². The zero-order chi connectivity index (χ0) is 12.9. The summed E-state index contributed by atoms with van der Waals surface area (Å²) in [6.45, 7) is 3.67. The van der Waals surface area contributed by atoms with Gasteiger partial charge in [-0.3, -0.25) is 9.05 Å². The van der Waals surface area contributed by atoms with Gasteiger partial charge in [0.25, 0.3) is 0 Å². The number of rotatable bonds is 6. The molecule has 0 aromatic heterocycles. The van der Waals surface area contributed by atoms with Crippen LogP contribution in [-0.2, 0) is 18.1 Å². The molecular formula is C11H15O5P. The molecule has 1 aromatic rings. The highest BCUT2D eigenvalue weighted by Crippen LogP contribution is 2.50. The van der Waals surface area contributed by atoms with Crippen LogP contribution in [0.25, 0.3) is 5.76 Å². The molecule has 0 saturated heterocycles. The molecule has 5 nitrogen and oxygen atoms in total. The molecule has 0 amide bonds. The number of phosphoric acid groups is 1. The molecule has 1 aromatic carbocycles. The van der Waals surface area contributed by atoms with Gasteiger partial charge in [-0.15, -0.1) is 0 Å². The Labute approximate surface area is 101 Å². The topological polar surface area (TPSA) is 54.0 Å². The van der Waals surface area contributed by atoms with Crippen LogP contribution in [0.1, 0.15) is 5.56 Å². The van der Waals surface area contributed by atoms with Crippen molar-refractivity contribution in [3.63, 3.8) is 0 Å². The van der Waals surface area contributed by atoms with Gasteiger partial charge >= 0.3 is 7.82 Å². The van der Waals surface area contributed by atoms with Gasteiger partial charge < -0.3 is 9.26 Å². The molecule has 0 radical (unpaired) electrons. The van der Waals surface area contributed by atoms with Crippen LogP contribution in [0.15, 0.2) is 30.8 Å². The number of ether oxygens (including phenoxy) is 1. The Bertz CT molecular complexity index is 418. The van der Waals surface area contributed by atoms with Crippen LogP contribution >= 0.6 is 7.82 Å². The van der Waals surface area contributed by atoms with E-state index in [0.29, 0.717) is 11.3 Å². The van der Waals surface area contributed by atoms with Gasteiger partial charge in [-0.25, -0.2) is 4.57 Å². The van der Waals surface area contributed by atoms with Crippen molar-refractivity contribution >= 4 is 13.6 Å². The largest absolute Gasteiger partial charge is 0.529 e. The Kier molecular flexibility index (Phi) is 4.75. The van der Waals surface area contributed by atoms with Crippen LogP contribution in [0, 0.1) is 0 Å². The Morgan fingerprint density at radius 1 is 1.12 bits per heavy atom. The maximum absolute atomic E-state index is 11.7. The summed E-state index contributed by atoms with van der Waals surface area (Å²) in [6.07, 6.45) is 0. The Hall–Kier alpha value is -1.29. The van der Waals surface area contributed by atoms with Crippen molar-refractivity contribution in [1.29, 1.82) is 0 Å². The summed E-state index contributed by atoms with van der Waals surface area (Å²) >= 11 is 0. The second-order valence-electron chi connectivity index (χ2n) is 3.06. The van der Waals surface area contributed by atoms with Gasteiger partial charge in [-0.05, 0) is 24.3 Å². The number of phosphoric ester groups is 1. The molecule has 0 bridgehead atoms. The Morgan fingerprint density at radius 2 is 1.65 bits per heavy atom. The van der Waals surface area contributed by atoms with Crippen molar-refractivity contribution < 1.29 is 22.9 Å². The normalized spacial score (nSPS) is 11.0. The lowest BCUT2D eigenvalue weighted by Gasteiger charge is -2.16. The van der Waals surface area contributed by atoms with Crippen LogP contribution in [-0.4, -0.2) is 21.3 Å². The highest BCUT2D eigenvalue weighted by Gasteiger charge is 2.25. The minimum absolute atomic E-state index is 0.208. The molecule has 0 heterocycles. The standard InChI is InChI=1S/C11H15O5P/c1-9(16-17(12,14-3)15-4)10-5-7-11(13-2)8-6-10/h5-8H,1H2,2-4H3. The van der Waals surface area contributed by atoms with E-state index in [4.69, 9.17) is 9.26 Å². The van der Waals surface area contributed by atoms with Gasteiger partial charge in [-0.1, -0.05) is 6.58 Å². The quantitative estimate of drug-likeness (QED) is 0.579. The highest BCUT2D eigenvalue weighted by atomic mass is 31.2. The lowest BCUT2D eigenvalue weighted by molar-refractivity contribution is 0.201. The van der Waals surface area contributed by atoms with E-state index in [0.717, 1.165) is 0 Å². The van der Waals surface area contributed by atoms with Crippen molar-refractivity contribution in [2.75, 3.05) is 21.3 Å². The fourth-order valence-electron chi connectivity index (χ4n) is 1.11. The number of methoxy groups -OCH3 is 1.